The van der Waals surface area contributed by atoms with Crippen LogP contribution in [0.5, 0.6) is 0 Å². The van der Waals surface area contributed by atoms with Crippen LogP contribution in [-0.4, -0.2) is 16.9 Å². The molecule has 0 bridgehead atoms. The predicted molar refractivity (Wildman–Crippen MR) is 59.1 cm³/mol. The summed E-state index contributed by atoms with van der Waals surface area (Å²) in [5.74, 6) is 0. The van der Waals surface area contributed by atoms with Crippen LogP contribution < -0.4 is 5.32 Å². The molecule has 1 heterocycles. The molecule has 0 aromatic carbocycles. The molecule has 0 aromatic rings. The monoisotopic (exact) mass is 192 g/mol. The Kier molecular flexibility index (Phi) is 1.84. The van der Waals surface area contributed by atoms with Crippen LogP contribution in [0.3, 0.4) is 0 Å². The van der Waals surface area contributed by atoms with E-state index in [4.69, 9.17) is 12.2 Å². The van der Waals surface area contributed by atoms with Gasteiger partial charge in [0.25, 0.3) is 0 Å². The standard InChI is InChI=1S/C10H12N2S/c1-5-4-8-9(7(3)6(5)2)12-10(13)11-8/h4,8H,1-3H3,(H,11,13). The first kappa shape index (κ1) is 8.63. The van der Waals surface area contributed by atoms with Crippen molar-refractivity contribution in [1.29, 1.82) is 0 Å². The van der Waals surface area contributed by atoms with E-state index >= 15 is 0 Å². The summed E-state index contributed by atoms with van der Waals surface area (Å²) in [6.07, 6.45) is 2.18. The van der Waals surface area contributed by atoms with Crippen LogP contribution in [0.25, 0.3) is 0 Å². The molecule has 2 aliphatic rings. The molecular weight excluding hydrogens is 180 g/mol. The fourth-order valence-corrected chi connectivity index (χ4v) is 1.94. The topological polar surface area (TPSA) is 24.4 Å². The fraction of sp³-hybridized carbons (Fsp3) is 0.400. The second-order valence-corrected chi connectivity index (χ2v) is 3.91. The lowest BCUT2D eigenvalue weighted by Crippen LogP contribution is -2.32. The minimum absolute atomic E-state index is 0.219. The Morgan fingerprint density at radius 1 is 1.31 bits per heavy atom. The highest BCUT2D eigenvalue weighted by molar-refractivity contribution is 7.80. The lowest BCUT2D eigenvalue weighted by atomic mass is 9.89. The Bertz CT molecular complexity index is 374. The molecule has 1 unspecified atom stereocenters. The molecule has 68 valence electrons. The first-order chi connectivity index (χ1) is 6.09. The lowest BCUT2D eigenvalue weighted by molar-refractivity contribution is 0.939. The van der Waals surface area contributed by atoms with Crippen molar-refractivity contribution in [3.05, 3.63) is 22.8 Å². The SMILES string of the molecule is CC1=CC2NC(=S)N=C2C(C)=C1C. The van der Waals surface area contributed by atoms with E-state index in [0.717, 1.165) is 5.71 Å². The Labute approximate surface area is 83.4 Å². The average molecular weight is 192 g/mol. The van der Waals surface area contributed by atoms with Crippen LogP contribution in [0.1, 0.15) is 20.8 Å². The highest BCUT2D eigenvalue weighted by Crippen LogP contribution is 2.25. The van der Waals surface area contributed by atoms with Gasteiger partial charge in [0.15, 0.2) is 5.11 Å². The zero-order chi connectivity index (χ0) is 9.59. The Morgan fingerprint density at radius 3 is 2.69 bits per heavy atom. The zero-order valence-corrected chi connectivity index (χ0v) is 8.83. The second kappa shape index (κ2) is 2.77. The number of fused-ring (bicyclic) bond motifs is 1. The van der Waals surface area contributed by atoms with Crippen LogP contribution in [0.4, 0.5) is 0 Å². The van der Waals surface area contributed by atoms with Crippen molar-refractivity contribution in [2.24, 2.45) is 4.99 Å². The number of hydrogen-bond donors (Lipinski definition) is 1. The van der Waals surface area contributed by atoms with Gasteiger partial charge in [-0.2, -0.15) is 0 Å². The normalized spacial score (nSPS) is 26.7. The molecule has 1 N–H and O–H groups in total. The van der Waals surface area contributed by atoms with Gasteiger partial charge in [0.1, 0.15) is 0 Å². The highest BCUT2D eigenvalue weighted by Gasteiger charge is 2.27. The minimum atomic E-state index is 0.219. The molecule has 0 amide bonds. The molecule has 1 aliphatic carbocycles. The van der Waals surface area contributed by atoms with Crippen molar-refractivity contribution in [2.45, 2.75) is 26.8 Å². The van der Waals surface area contributed by atoms with Crippen molar-refractivity contribution in [2.75, 3.05) is 0 Å². The third kappa shape index (κ3) is 1.23. The second-order valence-electron chi connectivity index (χ2n) is 3.52. The molecule has 1 aliphatic heterocycles. The molecule has 0 saturated carbocycles. The molecule has 0 spiro atoms. The highest BCUT2D eigenvalue weighted by atomic mass is 32.1. The summed E-state index contributed by atoms with van der Waals surface area (Å²) in [5.41, 5.74) is 4.99. The number of thiocarbonyl (C=S) groups is 1. The molecule has 0 radical (unpaired) electrons. The van der Waals surface area contributed by atoms with E-state index in [2.05, 4.69) is 37.2 Å². The van der Waals surface area contributed by atoms with Gasteiger partial charge < -0.3 is 5.32 Å². The van der Waals surface area contributed by atoms with E-state index in [1.54, 1.807) is 0 Å². The zero-order valence-electron chi connectivity index (χ0n) is 8.01. The third-order valence-electron chi connectivity index (χ3n) is 2.75. The maximum absolute atomic E-state index is 5.01. The van der Waals surface area contributed by atoms with Gasteiger partial charge in [-0.25, -0.2) is 4.99 Å². The molecule has 3 heteroatoms. The van der Waals surface area contributed by atoms with E-state index in [1.165, 1.54) is 16.7 Å². The van der Waals surface area contributed by atoms with E-state index in [1.807, 2.05) is 0 Å². The summed E-state index contributed by atoms with van der Waals surface area (Å²) in [5, 5.41) is 3.76. The Morgan fingerprint density at radius 2 is 2.00 bits per heavy atom. The van der Waals surface area contributed by atoms with Crippen LogP contribution in [0.15, 0.2) is 27.8 Å². The lowest BCUT2D eigenvalue weighted by Gasteiger charge is -2.19. The van der Waals surface area contributed by atoms with E-state index < -0.39 is 0 Å². The Balaban J connectivity index is 2.52. The summed E-state index contributed by atoms with van der Waals surface area (Å²) >= 11 is 5.01. The Hall–Kier alpha value is -0.960. The van der Waals surface area contributed by atoms with Crippen molar-refractivity contribution in [1.82, 2.24) is 5.32 Å². The van der Waals surface area contributed by atoms with Gasteiger partial charge in [-0.1, -0.05) is 6.08 Å². The van der Waals surface area contributed by atoms with E-state index in [0.29, 0.717) is 5.11 Å². The van der Waals surface area contributed by atoms with Crippen LogP contribution in [0, 0.1) is 0 Å². The van der Waals surface area contributed by atoms with Gasteiger partial charge in [0.05, 0.1) is 11.8 Å². The van der Waals surface area contributed by atoms with Gasteiger partial charge in [-0.05, 0) is 49.7 Å². The largest absolute Gasteiger partial charge is 0.349 e. The van der Waals surface area contributed by atoms with Crippen molar-refractivity contribution in [3.63, 3.8) is 0 Å². The van der Waals surface area contributed by atoms with Crippen molar-refractivity contribution >= 4 is 23.0 Å². The first-order valence-electron chi connectivity index (χ1n) is 4.35. The van der Waals surface area contributed by atoms with Gasteiger partial charge in [-0.15, -0.1) is 0 Å². The summed E-state index contributed by atoms with van der Waals surface area (Å²) in [6, 6.07) is 0.219. The van der Waals surface area contributed by atoms with Gasteiger partial charge >= 0.3 is 0 Å². The molecular formula is C10H12N2S. The maximum atomic E-state index is 5.01. The van der Waals surface area contributed by atoms with Crippen molar-refractivity contribution in [3.8, 4) is 0 Å². The summed E-state index contributed by atoms with van der Waals surface area (Å²) in [6.45, 7) is 6.35. The molecule has 1 atom stereocenters. The number of nitrogens with zero attached hydrogens (tertiary/aromatic N) is 1. The smallest absolute Gasteiger partial charge is 0.193 e. The number of aliphatic imine (C=N–C) groups is 1. The van der Waals surface area contributed by atoms with Gasteiger partial charge in [0.2, 0.25) is 0 Å². The average Bonchev–Trinajstić information content (AvgIpc) is 2.42. The molecule has 2 rings (SSSR count). The number of hydrogen-bond acceptors (Lipinski definition) is 1. The number of rotatable bonds is 0. The number of allylic oxidation sites excluding steroid dienone is 2. The first-order valence-corrected chi connectivity index (χ1v) is 4.76. The third-order valence-corrected chi connectivity index (χ3v) is 2.96. The van der Waals surface area contributed by atoms with E-state index in [-0.39, 0.29) is 6.04 Å². The summed E-state index contributed by atoms with van der Waals surface area (Å²) < 4.78 is 0. The summed E-state index contributed by atoms with van der Waals surface area (Å²) in [7, 11) is 0. The molecule has 0 saturated heterocycles. The molecule has 0 fully saturated rings. The molecule has 0 aromatic heterocycles. The van der Waals surface area contributed by atoms with Crippen LogP contribution >= 0.6 is 12.2 Å². The summed E-state index contributed by atoms with van der Waals surface area (Å²) in [4.78, 5) is 4.31. The van der Waals surface area contributed by atoms with Gasteiger partial charge in [0, 0.05) is 0 Å². The quantitative estimate of drug-likeness (QED) is 0.593. The fourth-order valence-electron chi connectivity index (χ4n) is 1.71. The van der Waals surface area contributed by atoms with Crippen LogP contribution in [0.2, 0.25) is 0 Å². The molecule has 2 nitrogen and oxygen atoms in total. The maximum Gasteiger partial charge on any atom is 0.193 e. The predicted octanol–water partition coefficient (Wildman–Crippen LogP) is 1.98. The molecule has 13 heavy (non-hydrogen) atoms. The minimum Gasteiger partial charge on any atom is -0.349 e. The van der Waals surface area contributed by atoms with Crippen molar-refractivity contribution < 1.29 is 0 Å². The van der Waals surface area contributed by atoms with E-state index in [9.17, 15) is 0 Å². The number of nitrogens with one attached hydrogen (secondary N) is 1. The van der Waals surface area contributed by atoms with Gasteiger partial charge in [-0.3, -0.25) is 0 Å². The van der Waals surface area contributed by atoms with Crippen LogP contribution in [-0.2, 0) is 0 Å².